The van der Waals surface area contributed by atoms with E-state index in [2.05, 4.69) is 5.32 Å². The molecular formula is C22H25Cl2N2O5P. The zero-order valence-electron chi connectivity index (χ0n) is 17.3. The zero-order valence-corrected chi connectivity index (χ0v) is 19.8. The maximum absolute atomic E-state index is 13.3. The Labute approximate surface area is 199 Å². The van der Waals surface area contributed by atoms with E-state index in [4.69, 9.17) is 23.9 Å². The van der Waals surface area contributed by atoms with E-state index in [1.54, 1.807) is 79.9 Å². The van der Waals surface area contributed by atoms with Crippen molar-refractivity contribution in [1.82, 2.24) is 5.32 Å². The Morgan fingerprint density at radius 3 is 1.72 bits per heavy atom. The van der Waals surface area contributed by atoms with Crippen LogP contribution in [0.5, 0.6) is 23.0 Å². The number of para-hydroxylation sites is 2. The molecule has 10 heteroatoms. The van der Waals surface area contributed by atoms with Crippen molar-refractivity contribution in [1.29, 1.82) is 5.41 Å². The molecule has 0 unspecified atom stereocenters. The van der Waals surface area contributed by atoms with Crippen molar-refractivity contribution in [3.63, 3.8) is 0 Å². The standard InChI is InChI=1S/C22H23N2O5P.2ClH/c1-26-18-12-14-19(15-13-18)27-22(23)16-24-17-30(25,28-20-8-4-2-5-9-20)29-21-10-6-3-7-11-21;;/h2-15,23-24H,16-17H2,1H3;2*1H. The minimum absolute atomic E-state index is 0. The first-order valence-electron chi connectivity index (χ1n) is 9.25. The molecule has 3 rings (SSSR count). The molecule has 3 aromatic carbocycles. The molecule has 2 N–H and O–H groups in total. The first-order valence-corrected chi connectivity index (χ1v) is 11.0. The summed E-state index contributed by atoms with van der Waals surface area (Å²) in [6, 6.07) is 24.5. The monoisotopic (exact) mass is 498 g/mol. The molecule has 0 saturated heterocycles. The lowest BCUT2D eigenvalue weighted by atomic mass is 10.3. The van der Waals surface area contributed by atoms with Crippen LogP contribution in [0.3, 0.4) is 0 Å². The highest BCUT2D eigenvalue weighted by molar-refractivity contribution is 7.54. The van der Waals surface area contributed by atoms with Gasteiger partial charge >= 0.3 is 7.60 Å². The second-order valence-corrected chi connectivity index (χ2v) is 8.11. The highest BCUT2D eigenvalue weighted by atomic mass is 35.5. The van der Waals surface area contributed by atoms with E-state index in [1.165, 1.54) is 0 Å². The van der Waals surface area contributed by atoms with Gasteiger partial charge in [-0.1, -0.05) is 36.4 Å². The molecular weight excluding hydrogens is 474 g/mol. The molecule has 32 heavy (non-hydrogen) atoms. The predicted octanol–water partition coefficient (Wildman–Crippen LogP) is 5.79. The fourth-order valence-electron chi connectivity index (χ4n) is 2.50. The number of benzene rings is 3. The zero-order chi connectivity index (χ0) is 21.2. The minimum atomic E-state index is -3.59. The Morgan fingerprint density at radius 1 is 0.781 bits per heavy atom. The summed E-state index contributed by atoms with van der Waals surface area (Å²) in [7, 11) is -2.01. The van der Waals surface area contributed by atoms with Crippen molar-refractivity contribution in [2.75, 3.05) is 19.9 Å². The molecule has 0 aliphatic heterocycles. The second kappa shape index (κ2) is 13.7. The molecule has 0 atom stereocenters. The van der Waals surface area contributed by atoms with Crippen LogP contribution in [-0.4, -0.2) is 25.8 Å². The average molecular weight is 499 g/mol. The second-order valence-electron chi connectivity index (χ2n) is 6.21. The molecule has 0 saturated carbocycles. The van der Waals surface area contributed by atoms with Gasteiger partial charge in [0.15, 0.2) is 0 Å². The molecule has 0 heterocycles. The van der Waals surface area contributed by atoms with Gasteiger partial charge in [0.05, 0.1) is 13.7 Å². The maximum Gasteiger partial charge on any atom is 0.444 e. The normalized spacial score (nSPS) is 10.2. The maximum atomic E-state index is 13.3. The summed E-state index contributed by atoms with van der Waals surface area (Å²) >= 11 is 0. The number of ether oxygens (including phenoxy) is 2. The molecule has 0 spiro atoms. The lowest BCUT2D eigenvalue weighted by molar-refractivity contribution is 0.381. The summed E-state index contributed by atoms with van der Waals surface area (Å²) in [5.74, 6) is 2.04. The fraction of sp³-hybridized carbons (Fsp3) is 0.136. The lowest BCUT2D eigenvalue weighted by Crippen LogP contribution is -2.28. The summed E-state index contributed by atoms with van der Waals surface area (Å²) in [5, 5.41) is 10.9. The Balaban J connectivity index is 0.00000256. The molecule has 0 aliphatic carbocycles. The van der Waals surface area contributed by atoms with E-state index >= 15 is 0 Å². The molecule has 172 valence electrons. The average Bonchev–Trinajstić information content (AvgIpc) is 2.75. The summed E-state index contributed by atoms with van der Waals surface area (Å²) in [4.78, 5) is 0. The van der Waals surface area contributed by atoms with Crippen LogP contribution in [0.4, 0.5) is 0 Å². The third-order valence-corrected chi connectivity index (χ3v) is 5.46. The van der Waals surface area contributed by atoms with Gasteiger partial charge < -0.3 is 18.5 Å². The number of rotatable bonds is 10. The van der Waals surface area contributed by atoms with Crippen LogP contribution in [0, 0.1) is 5.41 Å². The van der Waals surface area contributed by atoms with Crippen molar-refractivity contribution in [2.45, 2.75) is 0 Å². The van der Waals surface area contributed by atoms with Gasteiger partial charge in [-0.15, -0.1) is 24.8 Å². The van der Waals surface area contributed by atoms with E-state index in [9.17, 15) is 4.57 Å². The van der Waals surface area contributed by atoms with Gasteiger partial charge in [0.2, 0.25) is 5.90 Å². The summed E-state index contributed by atoms with van der Waals surface area (Å²) in [5.41, 5.74) is 0. The number of hydrogen-bond donors (Lipinski definition) is 2. The van der Waals surface area contributed by atoms with E-state index in [-0.39, 0.29) is 43.5 Å². The highest BCUT2D eigenvalue weighted by Gasteiger charge is 2.28. The number of hydrogen-bond acceptors (Lipinski definition) is 7. The highest BCUT2D eigenvalue weighted by Crippen LogP contribution is 2.47. The van der Waals surface area contributed by atoms with Crippen LogP contribution in [0.1, 0.15) is 0 Å². The SMILES string of the molecule is COc1ccc(OC(=N)CNCP(=O)(Oc2ccccc2)Oc2ccccc2)cc1.Cl.Cl. The third kappa shape index (κ3) is 8.81. The first-order chi connectivity index (χ1) is 14.6. The largest absolute Gasteiger partial charge is 0.497 e. The molecule has 0 aromatic heterocycles. The van der Waals surface area contributed by atoms with Crippen LogP contribution >= 0.6 is 32.4 Å². The topological polar surface area (TPSA) is 89.9 Å². The summed E-state index contributed by atoms with van der Waals surface area (Å²) < 4.78 is 35.2. The van der Waals surface area contributed by atoms with Crippen LogP contribution in [-0.2, 0) is 4.57 Å². The van der Waals surface area contributed by atoms with Gasteiger partial charge in [0.1, 0.15) is 29.3 Å². The van der Waals surface area contributed by atoms with Crippen LogP contribution in [0.25, 0.3) is 0 Å². The number of methoxy groups -OCH3 is 1. The molecule has 3 aromatic rings. The van der Waals surface area contributed by atoms with Gasteiger partial charge in [-0.25, -0.2) is 4.57 Å². The summed E-state index contributed by atoms with van der Waals surface area (Å²) in [6.45, 7) is 0.0479. The smallest absolute Gasteiger partial charge is 0.444 e. The van der Waals surface area contributed by atoms with Crippen LogP contribution < -0.4 is 23.8 Å². The number of nitrogens with one attached hydrogen (secondary N) is 2. The third-order valence-electron chi connectivity index (χ3n) is 3.87. The van der Waals surface area contributed by atoms with Crippen molar-refractivity contribution in [3.05, 3.63) is 84.9 Å². The Kier molecular flexibility index (Phi) is 11.7. The van der Waals surface area contributed by atoms with E-state index in [1.807, 2.05) is 12.1 Å². The molecule has 7 nitrogen and oxygen atoms in total. The van der Waals surface area contributed by atoms with E-state index in [0.717, 1.165) is 0 Å². The van der Waals surface area contributed by atoms with Crippen LogP contribution in [0.15, 0.2) is 84.9 Å². The fourth-order valence-corrected chi connectivity index (χ4v) is 3.93. The van der Waals surface area contributed by atoms with Gasteiger partial charge in [0, 0.05) is 0 Å². The van der Waals surface area contributed by atoms with Crippen molar-refractivity contribution in [3.8, 4) is 23.0 Å². The van der Waals surface area contributed by atoms with E-state index in [0.29, 0.717) is 23.0 Å². The van der Waals surface area contributed by atoms with Crippen molar-refractivity contribution < 1.29 is 23.1 Å². The van der Waals surface area contributed by atoms with E-state index < -0.39 is 7.60 Å². The molecule has 0 fully saturated rings. The number of halogens is 2. The van der Waals surface area contributed by atoms with Gasteiger partial charge in [-0.3, -0.25) is 10.7 Å². The quantitative estimate of drug-likeness (QED) is 0.209. The summed E-state index contributed by atoms with van der Waals surface area (Å²) in [6.07, 6.45) is -0.106. The molecule has 0 bridgehead atoms. The Morgan fingerprint density at radius 2 is 1.25 bits per heavy atom. The minimum Gasteiger partial charge on any atom is -0.497 e. The van der Waals surface area contributed by atoms with Gasteiger partial charge in [0.25, 0.3) is 0 Å². The van der Waals surface area contributed by atoms with Crippen LogP contribution in [0.2, 0.25) is 0 Å². The van der Waals surface area contributed by atoms with Gasteiger partial charge in [-0.2, -0.15) is 0 Å². The Hall–Kier alpha value is -2.70. The molecule has 0 aliphatic rings. The van der Waals surface area contributed by atoms with Crippen molar-refractivity contribution in [2.24, 2.45) is 0 Å². The first kappa shape index (κ1) is 27.3. The molecule has 0 radical (unpaired) electrons. The molecule has 0 amide bonds. The predicted molar refractivity (Wildman–Crippen MR) is 130 cm³/mol. The van der Waals surface area contributed by atoms with Gasteiger partial charge in [-0.05, 0) is 48.5 Å². The lowest BCUT2D eigenvalue weighted by Gasteiger charge is -2.20. The Bertz CT molecular complexity index is 947. The van der Waals surface area contributed by atoms with Crippen molar-refractivity contribution >= 4 is 38.3 Å².